The lowest BCUT2D eigenvalue weighted by molar-refractivity contribution is -0.195. The maximum absolute atomic E-state index is 15.1. The first kappa shape index (κ1) is 28.2. The van der Waals surface area contributed by atoms with Crippen LogP contribution in [-0.2, 0) is 20.8 Å². The van der Waals surface area contributed by atoms with Gasteiger partial charge in [-0.3, -0.25) is 14.4 Å². The standard InChI is InChI=1S/C29H37F3N2O4/c1-17-7-6-8-21(18(17)2)34-22-15-27(3,4)16-23(35)25(22)28(26(34)37,29(30,31)32)33-24(36)14-11-19-9-12-20(38-5)13-10-19/h9-10,12-13,17-18,21H,6-8,11,14-16H2,1-5H3,(H,33,36)/t17-,18+,21+,28-/m1/s1. The molecule has 3 aliphatic rings. The van der Waals surface area contributed by atoms with Gasteiger partial charge in [-0.2, -0.15) is 13.2 Å². The molecule has 4 atom stereocenters. The number of alkyl halides is 3. The largest absolute Gasteiger partial charge is 0.497 e. The maximum Gasteiger partial charge on any atom is 0.425 e. The quantitative estimate of drug-likeness (QED) is 0.534. The average molecular weight is 535 g/mol. The zero-order valence-electron chi connectivity index (χ0n) is 22.7. The molecule has 0 bridgehead atoms. The van der Waals surface area contributed by atoms with Gasteiger partial charge in [-0.25, -0.2) is 0 Å². The van der Waals surface area contributed by atoms with Gasteiger partial charge in [0.05, 0.1) is 12.7 Å². The summed E-state index contributed by atoms with van der Waals surface area (Å²) in [4.78, 5) is 41.7. The number of halogens is 3. The van der Waals surface area contributed by atoms with Gasteiger partial charge in [0.2, 0.25) is 11.4 Å². The lowest BCUT2D eigenvalue weighted by Gasteiger charge is -2.43. The molecule has 9 heteroatoms. The van der Waals surface area contributed by atoms with Crippen molar-refractivity contribution in [3.63, 3.8) is 0 Å². The van der Waals surface area contributed by atoms with Gasteiger partial charge >= 0.3 is 6.18 Å². The molecular weight excluding hydrogens is 497 g/mol. The molecule has 1 heterocycles. The van der Waals surface area contributed by atoms with Crippen molar-refractivity contribution >= 4 is 17.6 Å². The number of allylic oxidation sites excluding steroid dienone is 1. The van der Waals surface area contributed by atoms with Crippen molar-refractivity contribution in [1.29, 1.82) is 0 Å². The van der Waals surface area contributed by atoms with Crippen molar-refractivity contribution in [2.24, 2.45) is 17.3 Å². The van der Waals surface area contributed by atoms with E-state index in [1.54, 1.807) is 24.3 Å². The monoisotopic (exact) mass is 534 g/mol. The minimum absolute atomic E-state index is 0.0450. The minimum Gasteiger partial charge on any atom is -0.497 e. The summed E-state index contributed by atoms with van der Waals surface area (Å²) in [5, 5.41) is 2.07. The molecule has 2 amide bonds. The summed E-state index contributed by atoms with van der Waals surface area (Å²) in [7, 11) is 1.52. The molecule has 0 radical (unpaired) electrons. The number of hydrogen-bond donors (Lipinski definition) is 1. The molecule has 1 fully saturated rings. The van der Waals surface area contributed by atoms with Gasteiger partial charge in [0.1, 0.15) is 5.75 Å². The van der Waals surface area contributed by atoms with Crippen LogP contribution in [0.4, 0.5) is 13.2 Å². The van der Waals surface area contributed by atoms with Crippen molar-refractivity contribution in [1.82, 2.24) is 10.2 Å². The van der Waals surface area contributed by atoms with Crippen LogP contribution in [0.2, 0.25) is 0 Å². The highest BCUT2D eigenvalue weighted by Gasteiger charge is 2.72. The molecule has 6 nitrogen and oxygen atoms in total. The summed E-state index contributed by atoms with van der Waals surface area (Å²) in [6, 6.07) is 6.40. The van der Waals surface area contributed by atoms with E-state index >= 15 is 13.2 Å². The van der Waals surface area contributed by atoms with Gasteiger partial charge in [0.15, 0.2) is 5.78 Å². The Hall–Kier alpha value is -2.84. The third kappa shape index (κ3) is 4.84. The fourth-order valence-electron chi connectivity index (χ4n) is 6.37. The SMILES string of the molecule is COc1ccc(CCC(=O)N[C@@]2(C(F)(F)F)C(=O)N([C@H]3CCC[C@@H](C)[C@@H]3C)C3=C2C(=O)CC(C)(C)C3)cc1. The van der Waals surface area contributed by atoms with E-state index < -0.39 is 46.3 Å². The Labute approximate surface area is 222 Å². The van der Waals surface area contributed by atoms with Gasteiger partial charge in [0.25, 0.3) is 5.91 Å². The van der Waals surface area contributed by atoms with E-state index in [2.05, 4.69) is 5.32 Å². The highest BCUT2D eigenvalue weighted by molar-refractivity contribution is 6.13. The van der Waals surface area contributed by atoms with Gasteiger partial charge in [0, 0.05) is 24.6 Å². The number of carbonyl (C=O) groups excluding carboxylic acids is 3. The third-order valence-corrected chi connectivity index (χ3v) is 8.61. The second kappa shape index (κ2) is 10.0. The number of nitrogens with zero attached hydrogens (tertiary/aromatic N) is 1. The summed E-state index contributed by atoms with van der Waals surface area (Å²) in [5.74, 6) is -2.10. The minimum atomic E-state index is -5.18. The van der Waals surface area contributed by atoms with E-state index in [-0.39, 0.29) is 43.2 Å². The zero-order chi connectivity index (χ0) is 28.0. The number of rotatable bonds is 6. The van der Waals surface area contributed by atoms with Crippen LogP contribution in [0.5, 0.6) is 5.75 Å². The van der Waals surface area contributed by atoms with E-state index in [4.69, 9.17) is 4.74 Å². The number of ketones is 1. The number of ether oxygens (including phenoxy) is 1. The Morgan fingerprint density at radius 2 is 1.76 bits per heavy atom. The van der Waals surface area contributed by atoms with Gasteiger partial charge < -0.3 is 15.0 Å². The van der Waals surface area contributed by atoms with Gasteiger partial charge in [-0.05, 0) is 54.2 Å². The molecule has 1 aromatic rings. The summed E-state index contributed by atoms with van der Waals surface area (Å²) < 4.78 is 50.3. The molecule has 2 aliphatic carbocycles. The number of nitrogens with one attached hydrogen (secondary N) is 1. The first-order chi connectivity index (χ1) is 17.7. The summed E-state index contributed by atoms with van der Waals surface area (Å²) in [6.07, 6.45) is -2.96. The normalized spacial score (nSPS) is 29.4. The van der Waals surface area contributed by atoms with Crippen LogP contribution >= 0.6 is 0 Å². The molecule has 38 heavy (non-hydrogen) atoms. The molecule has 1 aromatic carbocycles. The molecule has 1 aliphatic heterocycles. The number of carbonyl (C=O) groups is 3. The topological polar surface area (TPSA) is 75.7 Å². The average Bonchev–Trinajstić information content (AvgIpc) is 3.07. The molecule has 0 saturated heterocycles. The first-order valence-corrected chi connectivity index (χ1v) is 13.3. The summed E-state index contributed by atoms with van der Waals surface area (Å²) in [5.41, 5.74) is -3.68. The van der Waals surface area contributed by atoms with Crippen molar-refractivity contribution < 1.29 is 32.3 Å². The maximum atomic E-state index is 15.1. The number of amides is 2. The van der Waals surface area contributed by atoms with Crippen molar-refractivity contribution in [2.75, 3.05) is 7.11 Å². The Morgan fingerprint density at radius 3 is 2.37 bits per heavy atom. The van der Waals surface area contributed by atoms with Crippen LogP contribution in [0.15, 0.2) is 35.5 Å². The predicted octanol–water partition coefficient (Wildman–Crippen LogP) is 5.36. The second-order valence-electron chi connectivity index (χ2n) is 11.9. The van der Waals surface area contributed by atoms with E-state index in [0.29, 0.717) is 12.2 Å². The van der Waals surface area contributed by atoms with Crippen molar-refractivity contribution in [3.8, 4) is 5.75 Å². The summed E-state index contributed by atoms with van der Waals surface area (Å²) >= 11 is 0. The molecule has 0 unspecified atom stereocenters. The molecule has 0 spiro atoms. The smallest absolute Gasteiger partial charge is 0.425 e. The van der Waals surface area contributed by atoms with E-state index in [1.807, 2.05) is 27.7 Å². The van der Waals surface area contributed by atoms with Crippen LogP contribution < -0.4 is 10.1 Å². The van der Waals surface area contributed by atoms with Crippen LogP contribution in [0.25, 0.3) is 0 Å². The number of aryl methyl sites for hydroxylation is 1. The lowest BCUT2D eigenvalue weighted by Crippen LogP contribution is -2.67. The van der Waals surface area contributed by atoms with Crippen molar-refractivity contribution in [3.05, 3.63) is 41.1 Å². The molecule has 1 N–H and O–H groups in total. The van der Waals surface area contributed by atoms with Crippen LogP contribution in [0.3, 0.4) is 0 Å². The Bertz CT molecular complexity index is 1140. The Balaban J connectivity index is 1.72. The fraction of sp³-hybridized carbons (Fsp3) is 0.621. The van der Waals surface area contributed by atoms with E-state index in [9.17, 15) is 14.4 Å². The number of methoxy groups -OCH3 is 1. The lowest BCUT2D eigenvalue weighted by atomic mass is 9.72. The van der Waals surface area contributed by atoms with Crippen molar-refractivity contribution in [2.45, 2.75) is 90.4 Å². The molecule has 208 valence electrons. The van der Waals surface area contributed by atoms with E-state index in [0.717, 1.165) is 18.4 Å². The Morgan fingerprint density at radius 1 is 1.11 bits per heavy atom. The van der Waals surface area contributed by atoms with E-state index in [1.165, 1.54) is 12.0 Å². The van der Waals surface area contributed by atoms with Crippen LogP contribution in [0, 0.1) is 17.3 Å². The fourth-order valence-corrected chi connectivity index (χ4v) is 6.37. The first-order valence-electron chi connectivity index (χ1n) is 13.3. The summed E-state index contributed by atoms with van der Waals surface area (Å²) in [6.45, 7) is 7.65. The highest BCUT2D eigenvalue weighted by Crippen LogP contribution is 2.53. The van der Waals surface area contributed by atoms with Crippen LogP contribution in [-0.4, -0.2) is 47.4 Å². The number of benzene rings is 1. The Kier molecular flexibility index (Phi) is 7.45. The number of hydrogen-bond acceptors (Lipinski definition) is 4. The molecule has 1 saturated carbocycles. The molecule has 4 rings (SSSR count). The third-order valence-electron chi connectivity index (χ3n) is 8.61. The predicted molar refractivity (Wildman–Crippen MR) is 136 cm³/mol. The number of Topliss-reactive ketones (excluding diaryl/α,β-unsaturated/α-hetero) is 1. The molecular formula is C29H37F3N2O4. The molecule has 0 aromatic heterocycles. The van der Waals surface area contributed by atoms with Gasteiger partial charge in [-0.15, -0.1) is 0 Å². The van der Waals surface area contributed by atoms with Gasteiger partial charge in [-0.1, -0.05) is 52.7 Å². The van der Waals surface area contributed by atoms with Crippen LogP contribution in [0.1, 0.15) is 71.8 Å². The zero-order valence-corrected chi connectivity index (χ0v) is 22.7. The highest BCUT2D eigenvalue weighted by atomic mass is 19.4. The second-order valence-corrected chi connectivity index (χ2v) is 11.9.